The van der Waals surface area contributed by atoms with Gasteiger partial charge in [-0.05, 0) is 56.0 Å². The zero-order valence-corrected chi connectivity index (χ0v) is 21.3. The SMILES string of the molecule is Cc1ccc(-n2ncc(C(=O)N3CCN(CC(=O)Nc4cccc(C)c4C)CC3)c2C(C)C)cc1. The van der Waals surface area contributed by atoms with Crippen LogP contribution in [0.25, 0.3) is 5.69 Å². The van der Waals surface area contributed by atoms with Crippen molar-refractivity contribution in [3.63, 3.8) is 0 Å². The van der Waals surface area contributed by atoms with E-state index in [1.807, 2.05) is 53.8 Å². The van der Waals surface area contributed by atoms with Gasteiger partial charge in [-0.25, -0.2) is 4.68 Å². The van der Waals surface area contributed by atoms with Crippen LogP contribution >= 0.6 is 0 Å². The highest BCUT2D eigenvalue weighted by Crippen LogP contribution is 2.25. The van der Waals surface area contributed by atoms with Gasteiger partial charge in [-0.1, -0.05) is 43.7 Å². The van der Waals surface area contributed by atoms with E-state index in [9.17, 15) is 9.59 Å². The number of rotatable bonds is 6. The smallest absolute Gasteiger partial charge is 0.257 e. The molecule has 7 heteroatoms. The number of hydrogen-bond acceptors (Lipinski definition) is 4. The Labute approximate surface area is 207 Å². The van der Waals surface area contributed by atoms with Crippen LogP contribution in [0.2, 0.25) is 0 Å². The number of carbonyl (C=O) groups is 2. The van der Waals surface area contributed by atoms with Crippen LogP contribution in [0.1, 0.15) is 52.5 Å². The Morgan fingerprint density at radius 1 is 0.971 bits per heavy atom. The third-order valence-electron chi connectivity index (χ3n) is 6.77. The molecule has 0 bridgehead atoms. The van der Waals surface area contributed by atoms with Gasteiger partial charge in [-0.3, -0.25) is 14.5 Å². The second kappa shape index (κ2) is 10.4. The number of aromatic nitrogens is 2. The van der Waals surface area contributed by atoms with Crippen molar-refractivity contribution in [1.82, 2.24) is 19.6 Å². The summed E-state index contributed by atoms with van der Waals surface area (Å²) in [6, 6.07) is 14.1. The molecule has 0 spiro atoms. The van der Waals surface area contributed by atoms with Gasteiger partial charge in [0, 0.05) is 31.9 Å². The molecule has 1 fully saturated rings. The van der Waals surface area contributed by atoms with E-state index in [2.05, 4.69) is 48.2 Å². The molecule has 1 N–H and O–H groups in total. The van der Waals surface area contributed by atoms with Crippen LogP contribution in [-0.2, 0) is 4.79 Å². The van der Waals surface area contributed by atoms with E-state index < -0.39 is 0 Å². The van der Waals surface area contributed by atoms with Crippen molar-refractivity contribution < 1.29 is 9.59 Å². The maximum atomic E-state index is 13.4. The van der Waals surface area contributed by atoms with Gasteiger partial charge in [0.1, 0.15) is 0 Å². The molecule has 0 unspecified atom stereocenters. The van der Waals surface area contributed by atoms with Crippen LogP contribution in [0.4, 0.5) is 5.69 Å². The number of anilines is 1. The minimum absolute atomic E-state index is 0.00606. The van der Waals surface area contributed by atoms with E-state index in [0.717, 1.165) is 28.2 Å². The molecule has 7 nitrogen and oxygen atoms in total. The van der Waals surface area contributed by atoms with Gasteiger partial charge < -0.3 is 10.2 Å². The average molecular weight is 474 g/mol. The van der Waals surface area contributed by atoms with Crippen LogP contribution in [-0.4, -0.2) is 64.1 Å². The maximum absolute atomic E-state index is 13.4. The molecule has 1 aromatic heterocycles. The van der Waals surface area contributed by atoms with Crippen molar-refractivity contribution >= 4 is 17.5 Å². The number of hydrogen-bond donors (Lipinski definition) is 1. The van der Waals surface area contributed by atoms with E-state index in [1.165, 1.54) is 5.56 Å². The van der Waals surface area contributed by atoms with Gasteiger partial charge in [0.15, 0.2) is 0 Å². The summed E-state index contributed by atoms with van der Waals surface area (Å²) in [5, 5.41) is 7.59. The predicted molar refractivity (Wildman–Crippen MR) is 139 cm³/mol. The lowest BCUT2D eigenvalue weighted by molar-refractivity contribution is -0.117. The monoisotopic (exact) mass is 473 g/mol. The Kier molecular flexibility index (Phi) is 7.36. The van der Waals surface area contributed by atoms with Crippen molar-refractivity contribution in [3.05, 3.63) is 76.6 Å². The Balaban J connectivity index is 1.39. The quantitative estimate of drug-likeness (QED) is 0.579. The first-order valence-electron chi connectivity index (χ1n) is 12.3. The Hall–Kier alpha value is -3.45. The summed E-state index contributed by atoms with van der Waals surface area (Å²) in [6.45, 7) is 13.1. The first-order chi connectivity index (χ1) is 16.7. The molecule has 0 radical (unpaired) electrons. The lowest BCUT2D eigenvalue weighted by atomic mass is 10.0. The Morgan fingerprint density at radius 2 is 1.66 bits per heavy atom. The van der Waals surface area contributed by atoms with Crippen LogP contribution in [0.3, 0.4) is 0 Å². The molecule has 35 heavy (non-hydrogen) atoms. The zero-order valence-electron chi connectivity index (χ0n) is 21.3. The van der Waals surface area contributed by atoms with E-state index >= 15 is 0 Å². The minimum atomic E-state index is -0.0278. The lowest BCUT2D eigenvalue weighted by Crippen LogP contribution is -2.50. The molecular formula is C28H35N5O2. The van der Waals surface area contributed by atoms with Crippen molar-refractivity contribution in [2.24, 2.45) is 0 Å². The molecule has 184 valence electrons. The molecule has 3 aromatic rings. The molecule has 2 heterocycles. The van der Waals surface area contributed by atoms with Gasteiger partial charge in [0.05, 0.1) is 29.7 Å². The predicted octanol–water partition coefficient (Wildman–Crippen LogP) is 4.32. The molecule has 1 aliphatic heterocycles. The molecule has 0 saturated carbocycles. The fourth-order valence-corrected chi connectivity index (χ4v) is 4.53. The second-order valence-electron chi connectivity index (χ2n) is 9.71. The Morgan fingerprint density at radius 3 is 2.31 bits per heavy atom. The van der Waals surface area contributed by atoms with Crippen molar-refractivity contribution in [2.75, 3.05) is 38.0 Å². The minimum Gasteiger partial charge on any atom is -0.336 e. The number of piperazine rings is 1. The van der Waals surface area contributed by atoms with Crippen molar-refractivity contribution in [2.45, 2.75) is 40.5 Å². The topological polar surface area (TPSA) is 70.5 Å². The molecule has 2 aromatic carbocycles. The Bertz CT molecular complexity index is 1200. The van der Waals surface area contributed by atoms with E-state index in [1.54, 1.807) is 6.20 Å². The molecule has 2 amide bonds. The lowest BCUT2D eigenvalue weighted by Gasteiger charge is -2.34. The summed E-state index contributed by atoms with van der Waals surface area (Å²) in [5.41, 5.74) is 6.82. The fourth-order valence-electron chi connectivity index (χ4n) is 4.53. The van der Waals surface area contributed by atoms with E-state index in [-0.39, 0.29) is 17.7 Å². The van der Waals surface area contributed by atoms with Crippen LogP contribution in [0.15, 0.2) is 48.7 Å². The molecular weight excluding hydrogens is 438 g/mol. The number of carbonyl (C=O) groups excluding carboxylic acids is 2. The number of nitrogens with zero attached hydrogens (tertiary/aromatic N) is 4. The zero-order chi connectivity index (χ0) is 25.1. The fraction of sp³-hybridized carbons (Fsp3) is 0.393. The molecule has 4 rings (SSSR count). The highest BCUT2D eigenvalue weighted by Gasteiger charge is 2.28. The number of nitrogens with one attached hydrogen (secondary N) is 1. The first-order valence-corrected chi connectivity index (χ1v) is 12.3. The highest BCUT2D eigenvalue weighted by atomic mass is 16.2. The first kappa shape index (κ1) is 24.7. The van der Waals surface area contributed by atoms with Gasteiger partial charge in [0.2, 0.25) is 5.91 Å². The third-order valence-corrected chi connectivity index (χ3v) is 6.77. The van der Waals surface area contributed by atoms with Gasteiger partial charge in [-0.15, -0.1) is 0 Å². The molecule has 1 saturated heterocycles. The van der Waals surface area contributed by atoms with Crippen molar-refractivity contribution in [1.29, 1.82) is 0 Å². The van der Waals surface area contributed by atoms with Crippen LogP contribution < -0.4 is 5.32 Å². The second-order valence-corrected chi connectivity index (χ2v) is 9.71. The molecule has 0 aliphatic carbocycles. The summed E-state index contributed by atoms with van der Waals surface area (Å²) < 4.78 is 1.88. The molecule has 0 atom stereocenters. The summed E-state index contributed by atoms with van der Waals surface area (Å²) in [7, 11) is 0. The van der Waals surface area contributed by atoms with Gasteiger partial charge in [0.25, 0.3) is 5.91 Å². The normalized spacial score (nSPS) is 14.4. The standard InChI is InChI=1S/C28H35N5O2/c1-19(2)27-24(17-29-33(27)23-11-9-20(3)10-12-23)28(35)32-15-13-31(14-16-32)18-26(34)30-25-8-6-7-21(4)22(25)5/h6-12,17,19H,13-16,18H2,1-5H3,(H,30,34). The van der Waals surface area contributed by atoms with Gasteiger partial charge in [-0.2, -0.15) is 5.10 Å². The van der Waals surface area contributed by atoms with Crippen molar-refractivity contribution in [3.8, 4) is 5.69 Å². The maximum Gasteiger partial charge on any atom is 0.257 e. The number of amides is 2. The van der Waals surface area contributed by atoms with Crippen LogP contribution in [0, 0.1) is 20.8 Å². The average Bonchev–Trinajstić information content (AvgIpc) is 3.28. The summed E-state index contributed by atoms with van der Waals surface area (Å²) in [5.74, 6) is 0.124. The van der Waals surface area contributed by atoms with E-state index in [4.69, 9.17) is 0 Å². The highest BCUT2D eigenvalue weighted by molar-refractivity contribution is 5.96. The summed E-state index contributed by atoms with van der Waals surface area (Å²) in [6.07, 6.45) is 1.70. The van der Waals surface area contributed by atoms with Gasteiger partial charge >= 0.3 is 0 Å². The number of aryl methyl sites for hydroxylation is 2. The molecule has 1 aliphatic rings. The third kappa shape index (κ3) is 5.46. The number of benzene rings is 2. The summed E-state index contributed by atoms with van der Waals surface area (Å²) >= 11 is 0. The largest absolute Gasteiger partial charge is 0.336 e. The van der Waals surface area contributed by atoms with E-state index in [0.29, 0.717) is 38.3 Å². The summed E-state index contributed by atoms with van der Waals surface area (Å²) in [4.78, 5) is 30.0. The van der Waals surface area contributed by atoms with Crippen LogP contribution in [0.5, 0.6) is 0 Å².